The van der Waals surface area contributed by atoms with Gasteiger partial charge in [-0.25, -0.2) is 0 Å². The molecule has 2 atom stereocenters. The number of nitrogens with two attached hydrogens (primary N) is 1. The first kappa shape index (κ1) is 22.9. The van der Waals surface area contributed by atoms with Gasteiger partial charge in [0.1, 0.15) is 6.04 Å². The average Bonchev–Trinajstić information content (AvgIpc) is 2.70. The molecule has 158 valence electrons. The zero-order chi connectivity index (χ0) is 21.1. The highest BCUT2D eigenvalue weighted by Crippen LogP contribution is 2.17. The van der Waals surface area contributed by atoms with Crippen molar-refractivity contribution in [1.82, 2.24) is 16.0 Å². The summed E-state index contributed by atoms with van der Waals surface area (Å²) >= 11 is 6.27. The standard InChI is InChI=1S/C21H29ClN4O3/c22-17-9-4-3-7-15(17)13-16-8-6-11-19(27)24-12-5-1-2-10-18(21(29)25-16)26-20(28)14-23/h3-4,6-9,16,18H,1-2,5,10-14,23H2,(H,24,27)(H,25,29)(H,26,28)/b8-6+/t16-,18+/m1/s1. The summed E-state index contributed by atoms with van der Waals surface area (Å²) in [5.74, 6) is -0.680. The van der Waals surface area contributed by atoms with E-state index in [0.29, 0.717) is 24.4 Å². The molecule has 1 heterocycles. The molecule has 0 radical (unpaired) electrons. The van der Waals surface area contributed by atoms with Crippen molar-refractivity contribution in [3.05, 3.63) is 47.0 Å². The topological polar surface area (TPSA) is 113 Å². The smallest absolute Gasteiger partial charge is 0.243 e. The molecule has 0 aromatic heterocycles. The molecule has 0 aliphatic carbocycles. The number of carbonyl (C=O) groups excluding carboxylic acids is 3. The van der Waals surface area contributed by atoms with E-state index < -0.39 is 6.04 Å². The fraction of sp³-hybridized carbons (Fsp3) is 0.476. The molecular weight excluding hydrogens is 392 g/mol. The first-order valence-electron chi connectivity index (χ1n) is 9.96. The van der Waals surface area contributed by atoms with Crippen molar-refractivity contribution in [3.8, 4) is 0 Å². The Labute approximate surface area is 176 Å². The number of carbonyl (C=O) groups is 3. The first-order valence-corrected chi connectivity index (χ1v) is 10.3. The number of hydrogen-bond acceptors (Lipinski definition) is 4. The van der Waals surface area contributed by atoms with Gasteiger partial charge < -0.3 is 21.7 Å². The third-order valence-corrected chi connectivity index (χ3v) is 5.09. The van der Waals surface area contributed by atoms with Gasteiger partial charge in [0.2, 0.25) is 17.7 Å². The highest BCUT2D eigenvalue weighted by Gasteiger charge is 2.22. The minimum atomic E-state index is -0.647. The summed E-state index contributed by atoms with van der Waals surface area (Å²) in [6.45, 7) is 0.431. The highest BCUT2D eigenvalue weighted by atomic mass is 35.5. The molecule has 1 aliphatic rings. The first-order chi connectivity index (χ1) is 14.0. The third kappa shape index (κ3) is 8.25. The van der Waals surface area contributed by atoms with Gasteiger partial charge in [-0.05, 0) is 30.9 Å². The monoisotopic (exact) mass is 420 g/mol. The molecule has 0 saturated carbocycles. The van der Waals surface area contributed by atoms with Crippen LogP contribution < -0.4 is 21.7 Å². The summed E-state index contributed by atoms with van der Waals surface area (Å²) < 4.78 is 0. The van der Waals surface area contributed by atoms with Crippen LogP contribution in [0.3, 0.4) is 0 Å². The van der Waals surface area contributed by atoms with Crippen molar-refractivity contribution in [3.63, 3.8) is 0 Å². The number of amides is 3. The minimum absolute atomic E-state index is 0.0470. The maximum atomic E-state index is 12.9. The van der Waals surface area contributed by atoms with E-state index in [0.717, 1.165) is 24.8 Å². The Kier molecular flexibility index (Phi) is 9.67. The quantitative estimate of drug-likeness (QED) is 0.552. The molecule has 1 aromatic carbocycles. The van der Waals surface area contributed by atoms with Crippen LogP contribution in [0.2, 0.25) is 5.02 Å². The van der Waals surface area contributed by atoms with E-state index in [1.165, 1.54) is 0 Å². The Hall–Kier alpha value is -2.38. The number of rotatable bonds is 4. The van der Waals surface area contributed by atoms with E-state index in [9.17, 15) is 14.4 Å². The molecule has 8 heteroatoms. The van der Waals surface area contributed by atoms with Crippen LogP contribution >= 0.6 is 11.6 Å². The molecular formula is C21H29ClN4O3. The fourth-order valence-corrected chi connectivity index (χ4v) is 3.38. The van der Waals surface area contributed by atoms with Crippen LogP contribution in [-0.2, 0) is 20.8 Å². The number of benzene rings is 1. The molecule has 0 unspecified atom stereocenters. The maximum Gasteiger partial charge on any atom is 0.243 e. The Bertz CT molecular complexity index is 738. The highest BCUT2D eigenvalue weighted by molar-refractivity contribution is 6.31. The van der Waals surface area contributed by atoms with Crippen molar-refractivity contribution >= 4 is 29.3 Å². The van der Waals surface area contributed by atoms with Crippen LogP contribution in [0.4, 0.5) is 0 Å². The van der Waals surface area contributed by atoms with Gasteiger partial charge in [0, 0.05) is 18.0 Å². The van der Waals surface area contributed by atoms with E-state index in [1.54, 1.807) is 18.2 Å². The van der Waals surface area contributed by atoms with Gasteiger partial charge in [-0.3, -0.25) is 14.4 Å². The van der Waals surface area contributed by atoms with Crippen LogP contribution in [0.25, 0.3) is 0 Å². The molecule has 29 heavy (non-hydrogen) atoms. The summed E-state index contributed by atoms with van der Waals surface area (Å²) in [5.41, 5.74) is 6.28. The van der Waals surface area contributed by atoms with Crippen molar-refractivity contribution in [2.45, 2.75) is 50.6 Å². The van der Waals surface area contributed by atoms with Crippen molar-refractivity contribution < 1.29 is 14.4 Å². The fourth-order valence-electron chi connectivity index (χ4n) is 3.16. The zero-order valence-electron chi connectivity index (χ0n) is 16.5. The van der Waals surface area contributed by atoms with Crippen molar-refractivity contribution in [2.75, 3.05) is 13.1 Å². The largest absolute Gasteiger partial charge is 0.356 e. The van der Waals surface area contributed by atoms with E-state index in [1.807, 2.05) is 18.2 Å². The second kappa shape index (κ2) is 12.2. The van der Waals surface area contributed by atoms with Gasteiger partial charge in [0.05, 0.1) is 12.6 Å². The Morgan fingerprint density at radius 1 is 1.21 bits per heavy atom. The number of halogens is 1. The molecule has 5 N–H and O–H groups in total. The van der Waals surface area contributed by atoms with E-state index in [4.69, 9.17) is 17.3 Å². The van der Waals surface area contributed by atoms with Crippen molar-refractivity contribution in [1.29, 1.82) is 0 Å². The molecule has 2 rings (SSSR count). The lowest BCUT2D eigenvalue weighted by atomic mass is 10.0. The molecule has 1 aromatic rings. The van der Waals surface area contributed by atoms with Gasteiger partial charge in [-0.1, -0.05) is 54.8 Å². The summed E-state index contributed by atoms with van der Waals surface area (Å²) in [6.07, 6.45) is 7.19. The van der Waals surface area contributed by atoms with Crippen LogP contribution in [0.5, 0.6) is 0 Å². The van der Waals surface area contributed by atoms with Crippen molar-refractivity contribution in [2.24, 2.45) is 5.73 Å². The van der Waals surface area contributed by atoms with Crippen LogP contribution in [0.1, 0.15) is 37.7 Å². The second-order valence-electron chi connectivity index (χ2n) is 7.07. The van der Waals surface area contributed by atoms with Gasteiger partial charge >= 0.3 is 0 Å². The average molecular weight is 421 g/mol. The molecule has 0 bridgehead atoms. The van der Waals surface area contributed by atoms with Gasteiger partial charge in [0.15, 0.2) is 0 Å². The third-order valence-electron chi connectivity index (χ3n) is 4.73. The summed E-state index contributed by atoms with van der Waals surface area (Å²) in [7, 11) is 0. The SMILES string of the molecule is NCC(=O)N[C@H]1CCCCCNC(=O)C/C=C/[C@H](Cc2ccccc2Cl)NC1=O. The van der Waals surface area contributed by atoms with E-state index in [-0.39, 0.29) is 36.7 Å². The second-order valence-corrected chi connectivity index (χ2v) is 7.47. The van der Waals surface area contributed by atoms with Gasteiger partial charge in [-0.2, -0.15) is 0 Å². The Morgan fingerprint density at radius 2 is 2.00 bits per heavy atom. The van der Waals surface area contributed by atoms with Crippen LogP contribution in [-0.4, -0.2) is 42.9 Å². The lowest BCUT2D eigenvalue weighted by Crippen LogP contribution is -2.51. The summed E-state index contributed by atoms with van der Waals surface area (Å²) in [5, 5.41) is 9.17. The Balaban J connectivity index is 2.18. The normalized spacial score (nSPS) is 22.7. The molecule has 3 amide bonds. The molecule has 0 saturated heterocycles. The lowest BCUT2D eigenvalue weighted by molar-refractivity contribution is -0.128. The van der Waals surface area contributed by atoms with Gasteiger partial charge in [0.25, 0.3) is 0 Å². The van der Waals surface area contributed by atoms with E-state index >= 15 is 0 Å². The van der Waals surface area contributed by atoms with E-state index in [2.05, 4.69) is 16.0 Å². The molecule has 7 nitrogen and oxygen atoms in total. The molecule has 0 spiro atoms. The summed E-state index contributed by atoms with van der Waals surface area (Å²) in [4.78, 5) is 36.5. The predicted octanol–water partition coefficient (Wildman–Crippen LogP) is 1.45. The number of nitrogens with one attached hydrogen (secondary N) is 3. The summed E-state index contributed by atoms with van der Waals surface area (Å²) in [6, 6.07) is 6.41. The van der Waals surface area contributed by atoms with Crippen LogP contribution in [0.15, 0.2) is 36.4 Å². The van der Waals surface area contributed by atoms with Gasteiger partial charge in [-0.15, -0.1) is 0 Å². The Morgan fingerprint density at radius 3 is 2.76 bits per heavy atom. The maximum absolute atomic E-state index is 12.9. The zero-order valence-corrected chi connectivity index (χ0v) is 17.2. The van der Waals surface area contributed by atoms with Crippen LogP contribution in [0, 0.1) is 0 Å². The molecule has 0 fully saturated rings. The molecule has 1 aliphatic heterocycles. The minimum Gasteiger partial charge on any atom is -0.356 e. The predicted molar refractivity (Wildman–Crippen MR) is 113 cm³/mol. The number of hydrogen-bond donors (Lipinski definition) is 4. The lowest BCUT2D eigenvalue weighted by Gasteiger charge is -2.22.